The van der Waals surface area contributed by atoms with E-state index in [1.807, 2.05) is 24.3 Å². The zero-order chi connectivity index (χ0) is 12.8. The Morgan fingerprint density at radius 1 is 1.32 bits per heavy atom. The molecule has 0 saturated carbocycles. The summed E-state index contributed by atoms with van der Waals surface area (Å²) in [4.78, 5) is 12.9. The minimum absolute atomic E-state index is 0. The number of carboxylic acid groups (broad SMARTS) is 1. The molecule has 0 bridgehead atoms. The van der Waals surface area contributed by atoms with E-state index in [2.05, 4.69) is 18.7 Å². The zero-order valence-corrected chi connectivity index (χ0v) is 12.8. The highest BCUT2D eigenvalue weighted by atomic mass is 35.5. The number of aliphatic carboxylic acids is 1. The zero-order valence-electron chi connectivity index (χ0n) is 11.2. The van der Waals surface area contributed by atoms with E-state index in [9.17, 15) is 4.79 Å². The SMILES string of the molecule is CCN(CC)c1cccc(C[C@@H](N)C(=O)O)c1.Cl.Cl. The fraction of sp³-hybridized carbons (Fsp3) is 0.462. The molecule has 19 heavy (non-hydrogen) atoms. The Morgan fingerprint density at radius 2 is 1.89 bits per heavy atom. The van der Waals surface area contributed by atoms with E-state index in [0.29, 0.717) is 6.42 Å². The van der Waals surface area contributed by atoms with Gasteiger partial charge in [-0.1, -0.05) is 12.1 Å². The highest BCUT2D eigenvalue weighted by molar-refractivity contribution is 5.85. The molecule has 6 heteroatoms. The number of halogens is 2. The van der Waals surface area contributed by atoms with Gasteiger partial charge in [0.2, 0.25) is 0 Å². The number of rotatable bonds is 6. The molecule has 110 valence electrons. The monoisotopic (exact) mass is 308 g/mol. The van der Waals surface area contributed by atoms with E-state index in [1.165, 1.54) is 0 Å². The van der Waals surface area contributed by atoms with Crippen molar-refractivity contribution in [1.29, 1.82) is 0 Å². The Labute approximate surface area is 126 Å². The molecule has 0 aliphatic carbocycles. The van der Waals surface area contributed by atoms with Gasteiger partial charge in [-0.2, -0.15) is 0 Å². The summed E-state index contributed by atoms with van der Waals surface area (Å²) in [6.07, 6.45) is 0.366. The van der Waals surface area contributed by atoms with Gasteiger partial charge in [0.1, 0.15) is 6.04 Å². The van der Waals surface area contributed by atoms with E-state index < -0.39 is 12.0 Å². The van der Waals surface area contributed by atoms with Crippen molar-refractivity contribution in [3.63, 3.8) is 0 Å². The minimum Gasteiger partial charge on any atom is -0.480 e. The van der Waals surface area contributed by atoms with Crippen molar-refractivity contribution in [3.8, 4) is 0 Å². The number of hydrogen-bond donors (Lipinski definition) is 2. The summed E-state index contributed by atoms with van der Waals surface area (Å²) >= 11 is 0. The van der Waals surface area contributed by atoms with Crippen LogP contribution in [0.2, 0.25) is 0 Å². The second-order valence-electron chi connectivity index (χ2n) is 3.99. The van der Waals surface area contributed by atoms with Crippen molar-refractivity contribution >= 4 is 36.5 Å². The summed E-state index contributed by atoms with van der Waals surface area (Å²) in [6.45, 7) is 6.06. The molecule has 0 unspecified atom stereocenters. The maximum Gasteiger partial charge on any atom is 0.320 e. The molecule has 4 nitrogen and oxygen atoms in total. The maximum absolute atomic E-state index is 10.7. The van der Waals surface area contributed by atoms with Crippen molar-refractivity contribution in [3.05, 3.63) is 29.8 Å². The van der Waals surface area contributed by atoms with Crippen molar-refractivity contribution in [1.82, 2.24) is 0 Å². The lowest BCUT2D eigenvalue weighted by molar-refractivity contribution is -0.138. The molecule has 0 amide bonds. The topological polar surface area (TPSA) is 66.6 Å². The lowest BCUT2D eigenvalue weighted by atomic mass is 10.1. The van der Waals surface area contributed by atoms with E-state index in [0.717, 1.165) is 24.3 Å². The summed E-state index contributed by atoms with van der Waals surface area (Å²) in [5.74, 6) is -0.960. The lowest BCUT2D eigenvalue weighted by Crippen LogP contribution is -2.32. The van der Waals surface area contributed by atoms with Crippen LogP contribution in [0.15, 0.2) is 24.3 Å². The molecule has 1 atom stereocenters. The fourth-order valence-electron chi connectivity index (χ4n) is 1.81. The number of nitrogens with zero attached hydrogens (tertiary/aromatic N) is 1. The number of benzene rings is 1. The average molecular weight is 309 g/mol. The van der Waals surface area contributed by atoms with Gasteiger partial charge in [-0.05, 0) is 38.0 Å². The fourth-order valence-corrected chi connectivity index (χ4v) is 1.81. The van der Waals surface area contributed by atoms with Gasteiger partial charge in [0, 0.05) is 18.8 Å². The van der Waals surface area contributed by atoms with Crippen molar-refractivity contribution < 1.29 is 9.90 Å². The Morgan fingerprint density at radius 3 is 2.37 bits per heavy atom. The Hall–Kier alpha value is -0.970. The van der Waals surface area contributed by atoms with Crippen LogP contribution in [0.1, 0.15) is 19.4 Å². The van der Waals surface area contributed by atoms with Gasteiger partial charge in [-0.15, -0.1) is 24.8 Å². The van der Waals surface area contributed by atoms with E-state index in [1.54, 1.807) is 0 Å². The third-order valence-corrected chi connectivity index (χ3v) is 2.81. The van der Waals surface area contributed by atoms with Crippen LogP contribution in [-0.2, 0) is 11.2 Å². The van der Waals surface area contributed by atoms with Crippen LogP contribution in [0, 0.1) is 0 Å². The minimum atomic E-state index is -0.960. The predicted molar refractivity (Wildman–Crippen MR) is 83.8 cm³/mol. The summed E-state index contributed by atoms with van der Waals surface area (Å²) in [5.41, 5.74) is 7.60. The largest absolute Gasteiger partial charge is 0.480 e. The quantitative estimate of drug-likeness (QED) is 0.846. The van der Waals surface area contributed by atoms with Gasteiger partial charge in [-0.25, -0.2) is 0 Å². The van der Waals surface area contributed by atoms with Crippen LogP contribution in [-0.4, -0.2) is 30.2 Å². The second-order valence-corrected chi connectivity index (χ2v) is 3.99. The van der Waals surface area contributed by atoms with Crippen LogP contribution < -0.4 is 10.6 Å². The maximum atomic E-state index is 10.7. The number of carbonyl (C=O) groups is 1. The molecule has 1 aromatic rings. The van der Waals surface area contributed by atoms with Crippen LogP contribution in [0.5, 0.6) is 0 Å². The van der Waals surface area contributed by atoms with Crippen LogP contribution in [0.25, 0.3) is 0 Å². The first-order valence-corrected chi connectivity index (χ1v) is 5.90. The molecule has 0 radical (unpaired) electrons. The summed E-state index contributed by atoms with van der Waals surface area (Å²) in [5, 5.41) is 8.78. The van der Waals surface area contributed by atoms with Gasteiger partial charge in [0.15, 0.2) is 0 Å². The summed E-state index contributed by atoms with van der Waals surface area (Å²) in [6, 6.07) is 7.06. The van der Waals surface area contributed by atoms with Gasteiger partial charge in [-0.3, -0.25) is 4.79 Å². The molecule has 0 fully saturated rings. The first kappa shape index (κ1) is 20.3. The predicted octanol–water partition coefficient (Wildman–Crippen LogP) is 2.33. The first-order valence-electron chi connectivity index (χ1n) is 5.90. The van der Waals surface area contributed by atoms with Crippen molar-refractivity contribution in [2.24, 2.45) is 5.73 Å². The molecule has 0 spiro atoms. The highest BCUT2D eigenvalue weighted by Gasteiger charge is 2.12. The highest BCUT2D eigenvalue weighted by Crippen LogP contribution is 2.16. The normalized spacial score (nSPS) is 10.9. The molecule has 0 aliphatic heterocycles. The number of hydrogen-bond acceptors (Lipinski definition) is 3. The molecular formula is C13H22Cl2N2O2. The van der Waals surface area contributed by atoms with Gasteiger partial charge in [0.25, 0.3) is 0 Å². The Balaban J connectivity index is 0. The summed E-state index contributed by atoms with van der Waals surface area (Å²) < 4.78 is 0. The molecule has 0 aliphatic rings. The first-order chi connectivity index (χ1) is 8.08. The molecule has 1 rings (SSSR count). The van der Waals surface area contributed by atoms with E-state index >= 15 is 0 Å². The average Bonchev–Trinajstić information content (AvgIpc) is 2.31. The molecule has 0 aromatic heterocycles. The van der Waals surface area contributed by atoms with Crippen molar-refractivity contribution in [2.75, 3.05) is 18.0 Å². The lowest BCUT2D eigenvalue weighted by Gasteiger charge is -2.21. The van der Waals surface area contributed by atoms with Crippen LogP contribution in [0.4, 0.5) is 5.69 Å². The Bertz CT molecular complexity index is 385. The number of carboxylic acids is 1. The standard InChI is InChI=1S/C13H20N2O2.2ClH/c1-3-15(4-2)11-7-5-6-10(8-11)9-12(14)13(16)17;;/h5-8,12H,3-4,9,14H2,1-2H3,(H,16,17);2*1H/t12-;;/m1../s1. The molecular weight excluding hydrogens is 287 g/mol. The third-order valence-electron chi connectivity index (χ3n) is 2.81. The number of anilines is 1. The molecule has 3 N–H and O–H groups in total. The van der Waals surface area contributed by atoms with Crippen LogP contribution in [0.3, 0.4) is 0 Å². The Kier molecular flexibility index (Phi) is 10.6. The van der Waals surface area contributed by atoms with Crippen molar-refractivity contribution in [2.45, 2.75) is 26.3 Å². The second kappa shape index (κ2) is 9.89. The molecule has 0 heterocycles. The van der Waals surface area contributed by atoms with Gasteiger partial charge >= 0.3 is 5.97 Å². The third kappa shape index (κ3) is 6.14. The molecule has 1 aromatic carbocycles. The van der Waals surface area contributed by atoms with E-state index in [-0.39, 0.29) is 24.8 Å². The summed E-state index contributed by atoms with van der Waals surface area (Å²) in [7, 11) is 0. The van der Waals surface area contributed by atoms with Crippen LogP contribution >= 0.6 is 24.8 Å². The molecule has 0 saturated heterocycles. The van der Waals surface area contributed by atoms with Gasteiger partial charge in [0.05, 0.1) is 0 Å². The number of nitrogens with two attached hydrogens (primary N) is 1. The smallest absolute Gasteiger partial charge is 0.320 e. The van der Waals surface area contributed by atoms with E-state index in [4.69, 9.17) is 10.8 Å². The van der Waals surface area contributed by atoms with Gasteiger partial charge < -0.3 is 15.7 Å².